The molecule has 0 spiro atoms. The number of methoxy groups -OCH3 is 1. The molecule has 4 N–H and O–H groups in total. The lowest BCUT2D eigenvalue weighted by molar-refractivity contribution is -0.698. The van der Waals surface area contributed by atoms with Gasteiger partial charge in [-0.25, -0.2) is 0 Å². The fourth-order valence-electron chi connectivity index (χ4n) is 3.00. The van der Waals surface area contributed by atoms with Crippen molar-refractivity contribution in [1.82, 2.24) is 0 Å². The summed E-state index contributed by atoms with van der Waals surface area (Å²) >= 11 is 0. The highest BCUT2D eigenvalue weighted by molar-refractivity contribution is 5.48. The Bertz CT molecular complexity index is 637. The summed E-state index contributed by atoms with van der Waals surface area (Å²) < 4.78 is 5.19. The van der Waals surface area contributed by atoms with E-state index >= 15 is 0 Å². The van der Waals surface area contributed by atoms with Gasteiger partial charge >= 0.3 is 0 Å². The lowest BCUT2D eigenvalue weighted by Crippen LogP contribution is -2.87. The lowest BCUT2D eigenvalue weighted by Gasteiger charge is -2.25. The van der Waals surface area contributed by atoms with Crippen molar-refractivity contribution in [1.29, 1.82) is 0 Å². The highest BCUT2D eigenvalue weighted by atomic mass is 16.5. The van der Waals surface area contributed by atoms with E-state index in [9.17, 15) is 10.2 Å². The maximum atomic E-state index is 10.0. The second kappa shape index (κ2) is 5.66. The Labute approximate surface area is 124 Å². The third kappa shape index (κ3) is 2.81. The van der Waals surface area contributed by atoms with Gasteiger partial charge in [-0.2, -0.15) is 0 Å². The van der Waals surface area contributed by atoms with E-state index in [0.717, 1.165) is 19.4 Å². The van der Waals surface area contributed by atoms with Gasteiger partial charge in [0.25, 0.3) is 0 Å². The second-order valence-corrected chi connectivity index (χ2v) is 5.47. The summed E-state index contributed by atoms with van der Waals surface area (Å²) in [6.07, 6.45) is 1.86. The summed E-state index contributed by atoms with van der Waals surface area (Å²) in [5.74, 6) is 1.02. The van der Waals surface area contributed by atoms with Crippen LogP contribution < -0.4 is 10.1 Å². The lowest BCUT2D eigenvalue weighted by atomic mass is 9.90. The molecular weight excluding hydrogens is 266 g/mol. The van der Waals surface area contributed by atoms with Crippen LogP contribution in [0, 0.1) is 0 Å². The van der Waals surface area contributed by atoms with E-state index in [1.807, 2.05) is 24.3 Å². The zero-order valence-electron chi connectivity index (χ0n) is 12.0. The Morgan fingerprint density at radius 2 is 1.95 bits per heavy atom. The number of phenols is 2. The van der Waals surface area contributed by atoms with Crippen molar-refractivity contribution in [3.05, 3.63) is 53.1 Å². The highest BCUT2D eigenvalue weighted by Gasteiger charge is 2.25. The molecule has 0 saturated heterocycles. The Morgan fingerprint density at radius 1 is 1.19 bits per heavy atom. The van der Waals surface area contributed by atoms with Crippen LogP contribution in [0.3, 0.4) is 0 Å². The minimum atomic E-state index is 0.197. The molecule has 0 aliphatic carbocycles. The number of rotatable bonds is 3. The van der Waals surface area contributed by atoms with Crippen LogP contribution in [0.2, 0.25) is 0 Å². The number of hydrogen-bond acceptors (Lipinski definition) is 3. The maximum Gasteiger partial charge on any atom is 0.160 e. The van der Waals surface area contributed by atoms with Crippen molar-refractivity contribution < 1.29 is 20.3 Å². The molecule has 4 nitrogen and oxygen atoms in total. The molecule has 1 unspecified atom stereocenters. The van der Waals surface area contributed by atoms with Crippen LogP contribution in [0.4, 0.5) is 0 Å². The number of aromatic hydroxyl groups is 2. The molecule has 0 amide bonds. The molecule has 1 aliphatic heterocycles. The fourth-order valence-corrected chi connectivity index (χ4v) is 3.00. The number of benzene rings is 2. The number of quaternary nitrogens is 1. The van der Waals surface area contributed by atoms with Gasteiger partial charge in [-0.15, -0.1) is 0 Å². The van der Waals surface area contributed by atoms with Crippen LogP contribution in [-0.2, 0) is 12.8 Å². The van der Waals surface area contributed by atoms with Crippen LogP contribution in [0.1, 0.15) is 22.7 Å². The first-order valence-corrected chi connectivity index (χ1v) is 7.18. The van der Waals surface area contributed by atoms with E-state index in [1.54, 1.807) is 19.2 Å². The Kier molecular flexibility index (Phi) is 3.71. The van der Waals surface area contributed by atoms with E-state index in [4.69, 9.17) is 4.74 Å². The number of hydrogen-bond donors (Lipinski definition) is 3. The molecule has 1 atom stereocenters. The fraction of sp³-hybridized carbons (Fsp3) is 0.294. The number of fused-ring (bicyclic) bond motifs is 1. The van der Waals surface area contributed by atoms with E-state index in [1.165, 1.54) is 16.7 Å². The predicted molar refractivity (Wildman–Crippen MR) is 79.7 cm³/mol. The molecule has 110 valence electrons. The minimum absolute atomic E-state index is 0.197. The molecule has 2 aromatic carbocycles. The standard InChI is InChI=1S/C17H19NO3/c1-21-17-9-12-6-7-18-15(14(12)10-16(17)20)8-11-2-4-13(19)5-3-11/h2-5,9-10,15,18-20H,6-8H2,1H3/p+1. The third-order valence-corrected chi connectivity index (χ3v) is 4.10. The summed E-state index contributed by atoms with van der Waals surface area (Å²) in [4.78, 5) is 0. The summed E-state index contributed by atoms with van der Waals surface area (Å²) in [6, 6.07) is 11.4. The van der Waals surface area contributed by atoms with E-state index in [2.05, 4.69) is 5.32 Å². The largest absolute Gasteiger partial charge is 0.508 e. The van der Waals surface area contributed by atoms with Gasteiger partial charge in [0.1, 0.15) is 11.8 Å². The average Bonchev–Trinajstić information content (AvgIpc) is 2.49. The van der Waals surface area contributed by atoms with Crippen LogP contribution in [-0.4, -0.2) is 23.9 Å². The van der Waals surface area contributed by atoms with Crippen LogP contribution in [0.5, 0.6) is 17.2 Å². The monoisotopic (exact) mass is 286 g/mol. The summed E-state index contributed by atoms with van der Waals surface area (Å²) in [5, 5.41) is 21.7. The first kappa shape index (κ1) is 13.8. The minimum Gasteiger partial charge on any atom is -0.508 e. The summed E-state index contributed by atoms with van der Waals surface area (Å²) in [7, 11) is 1.57. The van der Waals surface area contributed by atoms with Gasteiger partial charge in [-0.05, 0) is 35.4 Å². The van der Waals surface area contributed by atoms with Crippen molar-refractivity contribution in [2.24, 2.45) is 0 Å². The Morgan fingerprint density at radius 3 is 2.67 bits per heavy atom. The SMILES string of the molecule is COc1cc2c(cc1O)C(Cc1ccc(O)cc1)[NH2+]CC2. The number of phenolic OH excluding ortho intramolecular Hbond substituents is 2. The van der Waals surface area contributed by atoms with Gasteiger partial charge in [-0.3, -0.25) is 0 Å². The predicted octanol–water partition coefficient (Wildman–Crippen LogP) is 1.51. The average molecular weight is 286 g/mol. The first-order valence-electron chi connectivity index (χ1n) is 7.18. The van der Waals surface area contributed by atoms with Gasteiger partial charge in [-0.1, -0.05) is 12.1 Å². The van der Waals surface area contributed by atoms with Crippen LogP contribution in [0.15, 0.2) is 36.4 Å². The van der Waals surface area contributed by atoms with Crippen molar-refractivity contribution in [2.75, 3.05) is 13.7 Å². The quantitative estimate of drug-likeness (QED) is 0.801. The topological polar surface area (TPSA) is 66.3 Å². The Balaban J connectivity index is 1.89. The molecule has 0 bridgehead atoms. The summed E-state index contributed by atoms with van der Waals surface area (Å²) in [5.41, 5.74) is 3.60. The number of ether oxygens (including phenoxy) is 1. The first-order chi connectivity index (χ1) is 10.2. The third-order valence-electron chi connectivity index (χ3n) is 4.10. The van der Waals surface area contributed by atoms with Crippen molar-refractivity contribution in [2.45, 2.75) is 18.9 Å². The second-order valence-electron chi connectivity index (χ2n) is 5.47. The molecule has 4 heteroatoms. The van der Waals surface area contributed by atoms with Crippen molar-refractivity contribution in [3.63, 3.8) is 0 Å². The molecule has 2 aromatic rings. The molecule has 1 heterocycles. The molecule has 21 heavy (non-hydrogen) atoms. The van der Waals surface area contributed by atoms with Gasteiger partial charge in [0.2, 0.25) is 0 Å². The molecule has 0 fully saturated rings. The molecule has 0 radical (unpaired) electrons. The molecule has 0 saturated carbocycles. The van der Waals surface area contributed by atoms with E-state index < -0.39 is 0 Å². The van der Waals surface area contributed by atoms with Crippen LogP contribution in [0.25, 0.3) is 0 Å². The smallest absolute Gasteiger partial charge is 0.160 e. The van der Waals surface area contributed by atoms with E-state index in [-0.39, 0.29) is 17.5 Å². The van der Waals surface area contributed by atoms with Crippen LogP contribution >= 0.6 is 0 Å². The van der Waals surface area contributed by atoms with Crippen molar-refractivity contribution >= 4 is 0 Å². The Hall–Kier alpha value is -2.20. The zero-order chi connectivity index (χ0) is 14.8. The van der Waals surface area contributed by atoms with E-state index in [0.29, 0.717) is 5.75 Å². The highest BCUT2D eigenvalue weighted by Crippen LogP contribution is 2.33. The van der Waals surface area contributed by atoms with Gasteiger partial charge < -0.3 is 20.3 Å². The molecule has 3 rings (SSSR count). The molecule has 0 aromatic heterocycles. The normalized spacial score (nSPS) is 17.3. The summed E-state index contributed by atoms with van der Waals surface area (Å²) in [6.45, 7) is 1.03. The maximum absolute atomic E-state index is 10.0. The molecule has 1 aliphatic rings. The zero-order valence-corrected chi connectivity index (χ0v) is 12.0. The molecular formula is C17H20NO3+. The van der Waals surface area contributed by atoms with Gasteiger partial charge in [0.15, 0.2) is 11.5 Å². The van der Waals surface area contributed by atoms with Crippen molar-refractivity contribution in [3.8, 4) is 17.2 Å². The van der Waals surface area contributed by atoms with Gasteiger partial charge in [0.05, 0.1) is 13.7 Å². The number of nitrogens with two attached hydrogens (primary N) is 1. The van der Waals surface area contributed by atoms with Gasteiger partial charge in [0, 0.05) is 18.4 Å².